The van der Waals surface area contributed by atoms with Gasteiger partial charge in [0.2, 0.25) is 0 Å². The molecule has 8 atom stereocenters. The second-order valence-electron chi connectivity index (χ2n) is 15.2. The van der Waals surface area contributed by atoms with Crippen molar-refractivity contribution in [3.8, 4) is 0 Å². The largest absolute Gasteiger partial charge is 0.393 e. The molecule has 4 fully saturated rings. The fourth-order valence-corrected chi connectivity index (χ4v) is 11.0. The highest BCUT2D eigenvalue weighted by molar-refractivity contribution is 5.32. The Bertz CT molecular complexity index is 805. The van der Waals surface area contributed by atoms with Gasteiger partial charge < -0.3 is 5.11 Å². The van der Waals surface area contributed by atoms with E-state index in [2.05, 4.69) is 61.5 Å². The van der Waals surface area contributed by atoms with Gasteiger partial charge in [-0.3, -0.25) is 0 Å². The van der Waals surface area contributed by atoms with Gasteiger partial charge in [0.05, 0.1) is 6.10 Å². The molecule has 5 rings (SSSR count). The third-order valence-corrected chi connectivity index (χ3v) is 13.4. The van der Waals surface area contributed by atoms with E-state index >= 15 is 0 Å². The van der Waals surface area contributed by atoms with Crippen molar-refractivity contribution in [3.05, 3.63) is 11.6 Å². The minimum Gasteiger partial charge on any atom is -0.393 e. The van der Waals surface area contributed by atoms with Crippen molar-refractivity contribution >= 4 is 0 Å². The predicted molar refractivity (Wildman–Crippen MR) is 135 cm³/mol. The average molecular weight is 441 g/mol. The molecule has 5 aliphatic rings. The lowest BCUT2D eigenvalue weighted by atomic mass is 9.32. The Morgan fingerprint density at radius 1 is 0.750 bits per heavy atom. The van der Waals surface area contributed by atoms with Crippen molar-refractivity contribution in [1.29, 1.82) is 0 Å². The van der Waals surface area contributed by atoms with Crippen LogP contribution in [0, 0.1) is 50.2 Å². The molecule has 0 saturated heterocycles. The van der Waals surface area contributed by atoms with E-state index in [-0.39, 0.29) is 11.5 Å². The maximum absolute atomic E-state index is 10.9. The molecule has 0 spiro atoms. The zero-order valence-corrected chi connectivity index (χ0v) is 22.6. The Morgan fingerprint density at radius 3 is 2.12 bits per heavy atom. The number of hydrogen-bond donors (Lipinski definition) is 1. The van der Waals surface area contributed by atoms with Gasteiger partial charge in [0.1, 0.15) is 0 Å². The van der Waals surface area contributed by atoms with Crippen LogP contribution in [0.4, 0.5) is 0 Å². The van der Waals surface area contributed by atoms with E-state index in [9.17, 15) is 5.11 Å². The van der Waals surface area contributed by atoms with Gasteiger partial charge >= 0.3 is 0 Å². The lowest BCUT2D eigenvalue weighted by molar-refractivity contribution is -0.229. The standard InChI is InChI=1S/C31H52O/c1-9-31-18-16-26(2,3)20-22(31)21-10-11-24-28(6)14-13-25(32)27(4,5)23(28)12-15-30(24,8)29(21,7)17-19-31/h20-21,23-25,32H,9-19H2,1-8H3/t21-,23+,24-,25+,28+,29-,30-,31-/m1/s1. The van der Waals surface area contributed by atoms with E-state index in [1.54, 1.807) is 0 Å². The Morgan fingerprint density at radius 2 is 1.44 bits per heavy atom. The lowest BCUT2D eigenvalue weighted by Gasteiger charge is -2.72. The van der Waals surface area contributed by atoms with Crippen LogP contribution in [0.3, 0.4) is 0 Å². The molecular formula is C31H52O. The normalized spacial score (nSPS) is 53.8. The summed E-state index contributed by atoms with van der Waals surface area (Å²) in [4.78, 5) is 0. The summed E-state index contributed by atoms with van der Waals surface area (Å²) in [5, 5.41) is 10.9. The average Bonchev–Trinajstić information content (AvgIpc) is 2.71. The third kappa shape index (κ3) is 2.79. The zero-order chi connectivity index (χ0) is 23.4. The van der Waals surface area contributed by atoms with Crippen LogP contribution >= 0.6 is 0 Å². The van der Waals surface area contributed by atoms with Crippen molar-refractivity contribution < 1.29 is 5.11 Å². The molecule has 4 saturated carbocycles. The highest BCUT2D eigenvalue weighted by Crippen LogP contribution is 2.76. The maximum atomic E-state index is 10.9. The number of aliphatic hydroxyl groups is 1. The minimum absolute atomic E-state index is 0.0614. The summed E-state index contributed by atoms with van der Waals surface area (Å²) in [7, 11) is 0. The summed E-state index contributed by atoms with van der Waals surface area (Å²) in [5.41, 5.74) is 4.09. The molecule has 0 aromatic rings. The van der Waals surface area contributed by atoms with Gasteiger partial charge in [-0.15, -0.1) is 0 Å². The van der Waals surface area contributed by atoms with Crippen molar-refractivity contribution in [1.82, 2.24) is 0 Å². The first-order valence-corrected chi connectivity index (χ1v) is 14.2. The summed E-state index contributed by atoms with van der Waals surface area (Å²) in [6.45, 7) is 20.3. The van der Waals surface area contributed by atoms with Crippen LogP contribution < -0.4 is 0 Å². The van der Waals surface area contributed by atoms with Gasteiger partial charge in [-0.2, -0.15) is 0 Å². The molecular weight excluding hydrogens is 388 g/mol. The molecule has 32 heavy (non-hydrogen) atoms. The SMILES string of the molecule is CC[C@]12CCC(C)(C)C=C1[C@H]1CC[C@@H]3[C@@]4(C)CC[C@H](O)C(C)(C)[C@@H]4CC[C@@]3(C)[C@]1(C)CC2. The summed E-state index contributed by atoms with van der Waals surface area (Å²) in [6.07, 6.45) is 17.4. The molecule has 0 unspecified atom stereocenters. The smallest absolute Gasteiger partial charge is 0.0594 e. The molecule has 182 valence electrons. The van der Waals surface area contributed by atoms with Crippen molar-refractivity contribution in [2.24, 2.45) is 50.2 Å². The Labute approximate surface area is 199 Å². The van der Waals surface area contributed by atoms with Crippen molar-refractivity contribution in [2.45, 2.75) is 132 Å². The third-order valence-electron chi connectivity index (χ3n) is 13.4. The van der Waals surface area contributed by atoms with Crippen LogP contribution in [0.1, 0.15) is 126 Å². The summed E-state index contributed by atoms with van der Waals surface area (Å²) < 4.78 is 0. The first-order chi connectivity index (χ1) is 14.8. The monoisotopic (exact) mass is 440 g/mol. The zero-order valence-electron chi connectivity index (χ0n) is 22.6. The molecule has 1 heteroatoms. The fourth-order valence-electron chi connectivity index (χ4n) is 11.0. The number of fused-ring (bicyclic) bond motifs is 7. The van der Waals surface area contributed by atoms with Gasteiger partial charge in [-0.05, 0) is 121 Å². The van der Waals surface area contributed by atoms with Crippen molar-refractivity contribution in [2.75, 3.05) is 0 Å². The first kappa shape index (κ1) is 23.4. The van der Waals surface area contributed by atoms with Gasteiger partial charge in [0, 0.05) is 0 Å². The van der Waals surface area contributed by atoms with Crippen LogP contribution in [0.5, 0.6) is 0 Å². The van der Waals surface area contributed by atoms with Crippen LogP contribution in [0.25, 0.3) is 0 Å². The minimum atomic E-state index is -0.119. The molecule has 0 aromatic carbocycles. The number of allylic oxidation sites excluding steroid dienone is 2. The quantitative estimate of drug-likeness (QED) is 0.405. The summed E-state index contributed by atoms with van der Waals surface area (Å²) >= 11 is 0. The highest BCUT2D eigenvalue weighted by atomic mass is 16.3. The molecule has 0 heterocycles. The van der Waals surface area contributed by atoms with Crippen LogP contribution in [-0.4, -0.2) is 11.2 Å². The van der Waals surface area contributed by atoms with E-state index in [4.69, 9.17) is 0 Å². The van der Waals surface area contributed by atoms with E-state index in [1.165, 1.54) is 64.2 Å². The van der Waals surface area contributed by atoms with E-state index < -0.39 is 0 Å². The second-order valence-corrected chi connectivity index (χ2v) is 15.2. The lowest BCUT2D eigenvalue weighted by Crippen LogP contribution is -2.65. The topological polar surface area (TPSA) is 20.2 Å². The summed E-state index contributed by atoms with van der Waals surface area (Å²) in [5.74, 6) is 2.27. The molecule has 5 aliphatic carbocycles. The van der Waals surface area contributed by atoms with Gasteiger partial charge in [-0.1, -0.05) is 67.0 Å². The molecule has 1 nitrogen and oxygen atoms in total. The molecule has 1 N–H and O–H groups in total. The van der Waals surface area contributed by atoms with E-state index in [0.717, 1.165) is 18.3 Å². The molecule has 0 radical (unpaired) electrons. The Hall–Kier alpha value is -0.300. The number of rotatable bonds is 1. The second kappa shape index (κ2) is 6.89. The number of aliphatic hydroxyl groups excluding tert-OH is 1. The Balaban J connectivity index is 1.57. The van der Waals surface area contributed by atoms with Crippen LogP contribution in [0.15, 0.2) is 11.6 Å². The molecule has 0 bridgehead atoms. The Kier molecular flexibility index (Phi) is 5.05. The number of hydrogen-bond acceptors (Lipinski definition) is 1. The first-order valence-electron chi connectivity index (χ1n) is 14.2. The molecule has 0 amide bonds. The molecule has 0 aliphatic heterocycles. The predicted octanol–water partition coefficient (Wildman–Crippen LogP) is 8.56. The van der Waals surface area contributed by atoms with Crippen LogP contribution in [-0.2, 0) is 0 Å². The highest BCUT2D eigenvalue weighted by Gasteiger charge is 2.68. The van der Waals surface area contributed by atoms with E-state index in [0.29, 0.717) is 33.0 Å². The summed E-state index contributed by atoms with van der Waals surface area (Å²) in [6, 6.07) is 0. The van der Waals surface area contributed by atoms with E-state index in [1.807, 2.05) is 5.57 Å². The van der Waals surface area contributed by atoms with Crippen molar-refractivity contribution in [3.63, 3.8) is 0 Å². The van der Waals surface area contributed by atoms with Gasteiger partial charge in [-0.25, -0.2) is 0 Å². The fraction of sp³-hybridized carbons (Fsp3) is 0.935. The maximum Gasteiger partial charge on any atom is 0.0594 e. The molecule has 0 aromatic heterocycles. The van der Waals surface area contributed by atoms with Gasteiger partial charge in [0.25, 0.3) is 0 Å². The van der Waals surface area contributed by atoms with Gasteiger partial charge in [0.15, 0.2) is 0 Å². The van der Waals surface area contributed by atoms with Crippen LogP contribution in [0.2, 0.25) is 0 Å².